The number of hydrogen-bond acceptors (Lipinski definition) is 2. The molecule has 1 rings (SSSR count). The van der Waals surface area contributed by atoms with Crippen LogP contribution in [0.25, 0.3) is 0 Å². The molecular weight excluding hydrogens is 391 g/mol. The van der Waals surface area contributed by atoms with Gasteiger partial charge < -0.3 is 16.0 Å². The van der Waals surface area contributed by atoms with Crippen LogP contribution in [0.4, 0.5) is 0 Å². The maximum absolute atomic E-state index is 11.9. The molecule has 1 amide bonds. The smallest absolute Gasteiger partial charge is 0.244 e. The Balaban J connectivity index is 0.00000441. The number of amides is 1. The molecule has 3 N–H and O–H groups in total. The molecule has 1 aliphatic rings. The van der Waals surface area contributed by atoms with Gasteiger partial charge in [-0.3, -0.25) is 4.79 Å². The summed E-state index contributed by atoms with van der Waals surface area (Å²) in [7, 11) is 0. The Bertz CT molecular complexity index is 317. The molecule has 1 saturated heterocycles. The Labute approximate surface area is 152 Å². The minimum absolute atomic E-state index is 0. The molecule has 5 nitrogen and oxygen atoms in total. The molecule has 0 saturated carbocycles. The molecule has 1 aliphatic heterocycles. The summed E-state index contributed by atoms with van der Waals surface area (Å²) in [6.45, 7) is 5.00. The lowest BCUT2D eigenvalue weighted by atomic mass is 10.1. The number of guanidine groups is 1. The third kappa shape index (κ3) is 10.2. The van der Waals surface area contributed by atoms with Crippen molar-refractivity contribution in [3.8, 4) is 0 Å². The zero-order valence-electron chi connectivity index (χ0n) is 14.0. The van der Waals surface area contributed by atoms with Crippen LogP contribution in [-0.2, 0) is 4.79 Å². The number of likely N-dealkylation sites (tertiary alicyclic amines) is 1. The number of carbonyl (C=O) groups is 1. The molecule has 0 atom stereocenters. The largest absolute Gasteiger partial charge is 0.370 e. The number of nitrogens with two attached hydrogens (primary N) is 1. The maximum atomic E-state index is 11.9. The van der Waals surface area contributed by atoms with E-state index in [9.17, 15) is 4.79 Å². The standard InChI is InChI=1S/C16H32N4O.HI/c1-2-3-4-5-6-8-11-18-16(17)19-14-15(21)20-12-9-7-10-13-20;/h2-14H2,1H3,(H3,17,18,19);1H. The molecule has 1 heterocycles. The number of rotatable bonds is 9. The van der Waals surface area contributed by atoms with Crippen molar-refractivity contribution in [2.24, 2.45) is 10.7 Å². The highest BCUT2D eigenvalue weighted by Crippen LogP contribution is 2.08. The quantitative estimate of drug-likeness (QED) is 0.259. The average Bonchev–Trinajstić information content (AvgIpc) is 2.52. The minimum atomic E-state index is 0. The van der Waals surface area contributed by atoms with E-state index in [4.69, 9.17) is 5.73 Å². The topological polar surface area (TPSA) is 70.7 Å². The molecule has 22 heavy (non-hydrogen) atoms. The SMILES string of the molecule is CCCCCCCCNC(N)=NCC(=O)N1CCCCC1.I. The zero-order valence-corrected chi connectivity index (χ0v) is 16.3. The molecular formula is C16H33IN4O. The van der Waals surface area contributed by atoms with Gasteiger partial charge >= 0.3 is 0 Å². The fraction of sp³-hybridized carbons (Fsp3) is 0.875. The van der Waals surface area contributed by atoms with Crippen LogP contribution in [0.15, 0.2) is 4.99 Å². The summed E-state index contributed by atoms with van der Waals surface area (Å²) in [5, 5.41) is 3.09. The molecule has 0 spiro atoms. The van der Waals surface area contributed by atoms with E-state index in [0.717, 1.165) is 38.9 Å². The van der Waals surface area contributed by atoms with Crippen molar-refractivity contribution in [3.63, 3.8) is 0 Å². The number of piperidine rings is 1. The predicted octanol–water partition coefficient (Wildman–Crippen LogP) is 2.88. The van der Waals surface area contributed by atoms with Crippen molar-refractivity contribution in [1.29, 1.82) is 0 Å². The van der Waals surface area contributed by atoms with E-state index in [-0.39, 0.29) is 36.4 Å². The Kier molecular flexibility index (Phi) is 13.7. The second-order valence-corrected chi connectivity index (χ2v) is 5.84. The van der Waals surface area contributed by atoms with Crippen LogP contribution in [0.1, 0.15) is 64.7 Å². The highest BCUT2D eigenvalue weighted by atomic mass is 127. The van der Waals surface area contributed by atoms with Crippen LogP contribution >= 0.6 is 24.0 Å². The van der Waals surface area contributed by atoms with E-state index < -0.39 is 0 Å². The summed E-state index contributed by atoms with van der Waals surface area (Å²) >= 11 is 0. The molecule has 130 valence electrons. The van der Waals surface area contributed by atoms with Gasteiger partial charge in [-0.1, -0.05) is 39.0 Å². The van der Waals surface area contributed by atoms with E-state index >= 15 is 0 Å². The summed E-state index contributed by atoms with van der Waals surface area (Å²) in [5.74, 6) is 0.493. The maximum Gasteiger partial charge on any atom is 0.244 e. The van der Waals surface area contributed by atoms with Gasteiger partial charge in [-0.25, -0.2) is 4.99 Å². The third-order valence-electron chi connectivity index (χ3n) is 3.93. The number of halogens is 1. The first-order valence-electron chi connectivity index (χ1n) is 8.55. The van der Waals surface area contributed by atoms with Crippen molar-refractivity contribution in [1.82, 2.24) is 10.2 Å². The molecule has 0 aromatic carbocycles. The van der Waals surface area contributed by atoms with Crippen molar-refractivity contribution in [3.05, 3.63) is 0 Å². The summed E-state index contributed by atoms with van der Waals surface area (Å²) in [4.78, 5) is 18.0. The highest BCUT2D eigenvalue weighted by Gasteiger charge is 2.15. The summed E-state index contributed by atoms with van der Waals surface area (Å²) in [6, 6.07) is 0. The van der Waals surface area contributed by atoms with E-state index in [2.05, 4.69) is 17.2 Å². The van der Waals surface area contributed by atoms with Crippen molar-refractivity contribution in [2.45, 2.75) is 64.7 Å². The first-order chi connectivity index (χ1) is 10.2. The molecule has 0 radical (unpaired) electrons. The minimum Gasteiger partial charge on any atom is -0.370 e. The first kappa shape index (κ1) is 21.5. The van der Waals surface area contributed by atoms with Crippen molar-refractivity contribution < 1.29 is 4.79 Å². The van der Waals surface area contributed by atoms with E-state index in [1.165, 1.54) is 38.5 Å². The Morgan fingerprint density at radius 3 is 2.41 bits per heavy atom. The molecule has 0 aromatic heterocycles. The van der Waals surface area contributed by atoms with Gasteiger partial charge in [0.05, 0.1) is 0 Å². The lowest BCUT2D eigenvalue weighted by molar-refractivity contribution is -0.130. The van der Waals surface area contributed by atoms with Gasteiger partial charge in [-0.15, -0.1) is 24.0 Å². The van der Waals surface area contributed by atoms with Crippen molar-refractivity contribution >= 4 is 35.8 Å². The van der Waals surface area contributed by atoms with Crippen LogP contribution in [-0.4, -0.2) is 42.9 Å². The van der Waals surface area contributed by atoms with Gasteiger partial charge in [-0.2, -0.15) is 0 Å². The van der Waals surface area contributed by atoms with Crippen molar-refractivity contribution in [2.75, 3.05) is 26.2 Å². The van der Waals surface area contributed by atoms with Crippen LogP contribution in [0, 0.1) is 0 Å². The van der Waals surface area contributed by atoms with Crippen LogP contribution in [0.5, 0.6) is 0 Å². The number of hydrogen-bond donors (Lipinski definition) is 2. The van der Waals surface area contributed by atoms with Gasteiger partial charge in [0, 0.05) is 19.6 Å². The lowest BCUT2D eigenvalue weighted by Crippen LogP contribution is -2.38. The monoisotopic (exact) mass is 424 g/mol. The summed E-state index contributed by atoms with van der Waals surface area (Å²) in [6.07, 6.45) is 11.0. The molecule has 0 aromatic rings. The zero-order chi connectivity index (χ0) is 15.3. The average molecular weight is 424 g/mol. The molecule has 6 heteroatoms. The number of unbranched alkanes of at least 4 members (excludes halogenated alkanes) is 5. The fourth-order valence-electron chi connectivity index (χ4n) is 2.57. The normalized spacial score (nSPS) is 15.3. The van der Waals surface area contributed by atoms with Gasteiger partial charge in [0.1, 0.15) is 6.54 Å². The molecule has 0 unspecified atom stereocenters. The summed E-state index contributed by atoms with van der Waals surface area (Å²) < 4.78 is 0. The molecule has 0 aliphatic carbocycles. The van der Waals surface area contributed by atoms with Gasteiger partial charge in [-0.05, 0) is 25.7 Å². The van der Waals surface area contributed by atoms with E-state index in [1.807, 2.05) is 4.90 Å². The highest BCUT2D eigenvalue weighted by molar-refractivity contribution is 14.0. The summed E-state index contributed by atoms with van der Waals surface area (Å²) in [5.41, 5.74) is 5.78. The number of nitrogens with one attached hydrogen (secondary N) is 1. The van der Waals surface area contributed by atoms with E-state index in [0.29, 0.717) is 5.96 Å². The molecule has 0 bridgehead atoms. The van der Waals surface area contributed by atoms with Crippen LogP contribution < -0.4 is 11.1 Å². The molecule has 1 fully saturated rings. The second-order valence-electron chi connectivity index (χ2n) is 5.84. The van der Waals surface area contributed by atoms with Crippen LogP contribution in [0.3, 0.4) is 0 Å². The number of nitrogens with zero attached hydrogens (tertiary/aromatic N) is 2. The number of carbonyl (C=O) groups excluding carboxylic acids is 1. The van der Waals surface area contributed by atoms with Gasteiger partial charge in [0.2, 0.25) is 5.91 Å². The lowest BCUT2D eigenvalue weighted by Gasteiger charge is -2.26. The van der Waals surface area contributed by atoms with Gasteiger partial charge in [0.25, 0.3) is 0 Å². The Hall–Kier alpha value is -0.530. The Morgan fingerprint density at radius 1 is 1.09 bits per heavy atom. The van der Waals surface area contributed by atoms with Gasteiger partial charge in [0.15, 0.2) is 5.96 Å². The second kappa shape index (κ2) is 14.1. The predicted molar refractivity (Wildman–Crippen MR) is 104 cm³/mol. The Morgan fingerprint density at radius 2 is 1.73 bits per heavy atom. The first-order valence-corrected chi connectivity index (χ1v) is 8.55. The van der Waals surface area contributed by atoms with Crippen LogP contribution in [0.2, 0.25) is 0 Å². The van der Waals surface area contributed by atoms with E-state index in [1.54, 1.807) is 0 Å². The number of aliphatic imine (C=N–C) groups is 1. The fourth-order valence-corrected chi connectivity index (χ4v) is 2.57. The third-order valence-corrected chi connectivity index (χ3v) is 3.93.